The summed E-state index contributed by atoms with van der Waals surface area (Å²) in [4.78, 5) is 8.07. The van der Waals surface area contributed by atoms with Crippen LogP contribution in [0.4, 0.5) is 0 Å². The zero-order chi connectivity index (χ0) is 12.3. The minimum absolute atomic E-state index is 0.530. The molecule has 1 aromatic rings. The van der Waals surface area contributed by atoms with Crippen molar-refractivity contribution in [2.45, 2.75) is 6.92 Å². The van der Waals surface area contributed by atoms with Crippen LogP contribution >= 0.6 is 11.6 Å². The van der Waals surface area contributed by atoms with E-state index in [1.807, 2.05) is 31.2 Å². The number of benzene rings is 1. The van der Waals surface area contributed by atoms with Crippen LogP contribution < -0.4 is 0 Å². The van der Waals surface area contributed by atoms with Gasteiger partial charge in [0.2, 0.25) is 0 Å². The lowest BCUT2D eigenvalue weighted by molar-refractivity contribution is 0.190. The van der Waals surface area contributed by atoms with Gasteiger partial charge in [0.25, 0.3) is 0 Å². The van der Waals surface area contributed by atoms with Gasteiger partial charge >= 0.3 is 0 Å². The molecule has 17 heavy (non-hydrogen) atoms. The first-order valence-electron chi connectivity index (χ1n) is 5.36. The third kappa shape index (κ3) is 6.66. The van der Waals surface area contributed by atoms with E-state index in [0.29, 0.717) is 13.2 Å². The van der Waals surface area contributed by atoms with Gasteiger partial charge in [-0.1, -0.05) is 23.7 Å². The van der Waals surface area contributed by atoms with Gasteiger partial charge in [-0.25, -0.2) is 0 Å². The van der Waals surface area contributed by atoms with E-state index in [1.54, 1.807) is 24.8 Å². The van der Waals surface area contributed by atoms with Gasteiger partial charge in [0.05, 0.1) is 6.61 Å². The predicted molar refractivity (Wildman–Crippen MR) is 73.2 cm³/mol. The van der Waals surface area contributed by atoms with Crippen molar-refractivity contribution in [1.29, 1.82) is 0 Å². The molecule has 0 radical (unpaired) electrons. The molecule has 4 heteroatoms. The van der Waals surface area contributed by atoms with Crippen molar-refractivity contribution < 1.29 is 4.74 Å². The molecule has 0 saturated heterocycles. The summed E-state index contributed by atoms with van der Waals surface area (Å²) in [5, 5.41) is 0.721. The monoisotopic (exact) mass is 250 g/mol. The van der Waals surface area contributed by atoms with E-state index in [1.165, 1.54) is 0 Å². The summed E-state index contributed by atoms with van der Waals surface area (Å²) in [7, 11) is 0. The Morgan fingerprint density at radius 1 is 1.18 bits per heavy atom. The van der Waals surface area contributed by atoms with Crippen LogP contribution in [-0.2, 0) is 4.74 Å². The highest BCUT2D eigenvalue weighted by Gasteiger charge is 1.86. The summed E-state index contributed by atoms with van der Waals surface area (Å²) < 4.78 is 5.09. The topological polar surface area (TPSA) is 34.0 Å². The van der Waals surface area contributed by atoms with Crippen LogP contribution in [0.1, 0.15) is 12.5 Å². The molecular formula is C13H15ClN2O. The molecule has 1 rings (SSSR count). The van der Waals surface area contributed by atoms with Gasteiger partial charge in [-0.15, -0.1) is 0 Å². The van der Waals surface area contributed by atoms with E-state index >= 15 is 0 Å². The van der Waals surface area contributed by atoms with Crippen molar-refractivity contribution in [3.8, 4) is 0 Å². The molecular weight excluding hydrogens is 236 g/mol. The molecule has 0 bridgehead atoms. The van der Waals surface area contributed by atoms with Crippen LogP contribution in [0.5, 0.6) is 0 Å². The average Bonchev–Trinajstić information content (AvgIpc) is 2.35. The van der Waals surface area contributed by atoms with Gasteiger partial charge in [-0.05, 0) is 24.6 Å². The Bertz CT molecular complexity index is 396. The summed E-state index contributed by atoms with van der Waals surface area (Å²) in [6.45, 7) is 3.17. The van der Waals surface area contributed by atoms with E-state index in [2.05, 4.69) is 9.98 Å². The van der Waals surface area contributed by atoms with Gasteiger partial charge in [-0.3, -0.25) is 9.98 Å². The average molecular weight is 251 g/mol. The fourth-order valence-corrected chi connectivity index (χ4v) is 1.16. The van der Waals surface area contributed by atoms with Crippen LogP contribution in [0.3, 0.4) is 0 Å². The highest BCUT2D eigenvalue weighted by Crippen LogP contribution is 2.07. The second-order valence-corrected chi connectivity index (χ2v) is 3.56. The van der Waals surface area contributed by atoms with E-state index in [9.17, 15) is 0 Å². The molecule has 3 nitrogen and oxygen atoms in total. The van der Waals surface area contributed by atoms with Gasteiger partial charge < -0.3 is 4.74 Å². The summed E-state index contributed by atoms with van der Waals surface area (Å²) in [6, 6.07) is 7.45. The number of ether oxygens (including phenoxy) is 1. The quantitative estimate of drug-likeness (QED) is 0.563. The molecule has 0 unspecified atom stereocenters. The molecule has 0 N–H and O–H groups in total. The molecule has 0 amide bonds. The fourth-order valence-electron chi connectivity index (χ4n) is 1.03. The maximum Gasteiger partial charge on any atom is 0.0818 e. The Morgan fingerprint density at radius 2 is 1.88 bits per heavy atom. The third-order valence-corrected chi connectivity index (χ3v) is 2.09. The first-order chi connectivity index (χ1) is 8.33. The molecule has 0 aliphatic rings. The van der Waals surface area contributed by atoms with E-state index in [0.717, 1.165) is 10.6 Å². The second kappa shape index (κ2) is 8.67. The third-order valence-electron chi connectivity index (χ3n) is 1.83. The Hall–Kier alpha value is -1.45. The predicted octanol–water partition coefficient (Wildman–Crippen LogP) is 3.34. The molecule has 90 valence electrons. The lowest BCUT2D eigenvalue weighted by Gasteiger charge is -1.91. The summed E-state index contributed by atoms with van der Waals surface area (Å²) in [5.41, 5.74) is 0.998. The number of aliphatic imine (C=N–C) groups is 2. The van der Waals surface area contributed by atoms with E-state index in [-0.39, 0.29) is 0 Å². The second-order valence-electron chi connectivity index (χ2n) is 3.12. The summed E-state index contributed by atoms with van der Waals surface area (Å²) >= 11 is 5.77. The lowest BCUT2D eigenvalue weighted by atomic mass is 10.2. The number of nitrogens with zero attached hydrogens (tertiary/aromatic N) is 2. The van der Waals surface area contributed by atoms with Gasteiger partial charge in [0.15, 0.2) is 0 Å². The molecule has 0 fully saturated rings. The molecule has 0 atom stereocenters. The SMILES string of the molecule is CCOCC=NC=CN=Cc1ccc(Cl)cc1. The van der Waals surface area contributed by atoms with Crippen LogP contribution in [0.15, 0.2) is 46.7 Å². The standard InChI is InChI=1S/C13H15ClN2O/c1-2-17-10-9-15-7-8-16-11-12-3-5-13(14)6-4-12/h3-9,11H,2,10H2,1H3. The van der Waals surface area contributed by atoms with Crippen LogP contribution in [-0.4, -0.2) is 25.6 Å². The smallest absolute Gasteiger partial charge is 0.0818 e. The number of halogens is 1. The first-order valence-corrected chi connectivity index (χ1v) is 5.74. The van der Waals surface area contributed by atoms with Gasteiger partial charge in [0, 0.05) is 36.5 Å². The molecule has 1 aromatic carbocycles. The van der Waals surface area contributed by atoms with E-state index in [4.69, 9.17) is 16.3 Å². The maximum absolute atomic E-state index is 5.77. The molecule has 0 aliphatic heterocycles. The molecule has 0 aromatic heterocycles. The highest BCUT2D eigenvalue weighted by molar-refractivity contribution is 6.30. The molecule has 0 saturated carbocycles. The normalized spacial score (nSPS) is 12.1. The van der Waals surface area contributed by atoms with Gasteiger partial charge in [-0.2, -0.15) is 0 Å². The zero-order valence-electron chi connectivity index (χ0n) is 9.71. The number of rotatable bonds is 6. The first kappa shape index (κ1) is 13.6. The van der Waals surface area contributed by atoms with Gasteiger partial charge in [0.1, 0.15) is 0 Å². The number of hydrogen-bond donors (Lipinski definition) is 0. The largest absolute Gasteiger partial charge is 0.376 e. The Morgan fingerprint density at radius 3 is 2.59 bits per heavy atom. The van der Waals surface area contributed by atoms with Crippen LogP contribution in [0.2, 0.25) is 5.02 Å². The Kier molecular flexibility index (Phi) is 6.95. The van der Waals surface area contributed by atoms with Crippen molar-refractivity contribution in [1.82, 2.24) is 0 Å². The molecule has 0 heterocycles. The van der Waals surface area contributed by atoms with Crippen molar-refractivity contribution in [2.24, 2.45) is 9.98 Å². The van der Waals surface area contributed by atoms with Crippen LogP contribution in [0, 0.1) is 0 Å². The van der Waals surface area contributed by atoms with Crippen molar-refractivity contribution in [3.05, 3.63) is 47.3 Å². The number of hydrogen-bond acceptors (Lipinski definition) is 3. The van der Waals surface area contributed by atoms with Crippen molar-refractivity contribution >= 4 is 24.0 Å². The lowest BCUT2D eigenvalue weighted by Crippen LogP contribution is -1.92. The Labute approximate surface area is 107 Å². The Balaban J connectivity index is 2.32. The van der Waals surface area contributed by atoms with Crippen molar-refractivity contribution in [2.75, 3.05) is 13.2 Å². The summed E-state index contributed by atoms with van der Waals surface area (Å²) in [5.74, 6) is 0. The minimum Gasteiger partial charge on any atom is -0.376 e. The van der Waals surface area contributed by atoms with Crippen molar-refractivity contribution in [3.63, 3.8) is 0 Å². The minimum atomic E-state index is 0.530. The maximum atomic E-state index is 5.77. The molecule has 0 aliphatic carbocycles. The van der Waals surface area contributed by atoms with Crippen LogP contribution in [0.25, 0.3) is 0 Å². The molecule has 0 spiro atoms. The summed E-state index contributed by atoms with van der Waals surface area (Å²) in [6.07, 6.45) is 6.67. The highest BCUT2D eigenvalue weighted by atomic mass is 35.5. The fraction of sp³-hybridized carbons (Fsp3) is 0.231. The van der Waals surface area contributed by atoms with E-state index < -0.39 is 0 Å². The zero-order valence-corrected chi connectivity index (χ0v) is 10.5.